The molecule has 0 fully saturated rings. The molecule has 3 N–H and O–H groups in total. The second-order valence-electron chi connectivity index (χ2n) is 4.26. The van der Waals surface area contributed by atoms with Gasteiger partial charge in [-0.15, -0.1) is 0 Å². The minimum atomic E-state index is -0.491. The van der Waals surface area contributed by atoms with Gasteiger partial charge in [-0.2, -0.15) is 0 Å². The van der Waals surface area contributed by atoms with Crippen LogP contribution in [0.3, 0.4) is 0 Å². The Bertz CT molecular complexity index is 380. The maximum atomic E-state index is 11.7. The van der Waals surface area contributed by atoms with E-state index in [1.807, 2.05) is 24.3 Å². The van der Waals surface area contributed by atoms with Crippen molar-refractivity contribution in [2.24, 2.45) is 5.73 Å². The van der Waals surface area contributed by atoms with Gasteiger partial charge in [0, 0.05) is 13.1 Å². The molecule has 0 aliphatic rings. The molecule has 18 heavy (non-hydrogen) atoms. The van der Waals surface area contributed by atoms with E-state index in [4.69, 9.17) is 10.5 Å². The van der Waals surface area contributed by atoms with E-state index in [-0.39, 0.29) is 5.91 Å². The zero-order valence-corrected chi connectivity index (χ0v) is 11.1. The second-order valence-corrected chi connectivity index (χ2v) is 4.26. The van der Waals surface area contributed by atoms with Crippen LogP contribution in [0.4, 0.5) is 0 Å². The van der Waals surface area contributed by atoms with Crippen molar-refractivity contribution in [1.29, 1.82) is 0 Å². The van der Waals surface area contributed by atoms with Crippen molar-refractivity contribution < 1.29 is 9.53 Å². The van der Waals surface area contributed by atoms with Gasteiger partial charge in [0.05, 0.1) is 0 Å². The summed E-state index contributed by atoms with van der Waals surface area (Å²) in [5.74, 6) is 0.595. The number of hydrogen-bond acceptors (Lipinski definition) is 3. The van der Waals surface area contributed by atoms with E-state index in [0.717, 1.165) is 18.4 Å². The van der Waals surface area contributed by atoms with Crippen molar-refractivity contribution in [3.63, 3.8) is 0 Å². The Morgan fingerprint density at radius 1 is 1.50 bits per heavy atom. The molecular weight excluding hydrogens is 228 g/mol. The van der Waals surface area contributed by atoms with Gasteiger partial charge in [-0.3, -0.25) is 4.79 Å². The fraction of sp³-hybridized carbons (Fsp3) is 0.500. The van der Waals surface area contributed by atoms with Crippen LogP contribution in [0.1, 0.15) is 32.3 Å². The van der Waals surface area contributed by atoms with Crippen LogP contribution < -0.4 is 15.8 Å². The Labute approximate surface area is 109 Å². The van der Waals surface area contributed by atoms with E-state index in [1.165, 1.54) is 0 Å². The molecule has 0 aliphatic heterocycles. The highest BCUT2D eigenvalue weighted by Gasteiger charge is 2.13. The van der Waals surface area contributed by atoms with Crippen LogP contribution in [0.2, 0.25) is 0 Å². The lowest BCUT2D eigenvalue weighted by Crippen LogP contribution is -2.36. The maximum Gasteiger partial charge on any atom is 0.260 e. The molecule has 0 bridgehead atoms. The summed E-state index contributed by atoms with van der Waals surface area (Å²) in [6, 6.07) is 7.49. The third-order valence-corrected chi connectivity index (χ3v) is 2.65. The predicted molar refractivity (Wildman–Crippen MR) is 72.3 cm³/mol. The largest absolute Gasteiger partial charge is 0.481 e. The third-order valence-electron chi connectivity index (χ3n) is 2.65. The molecule has 1 unspecified atom stereocenters. The Kier molecular flexibility index (Phi) is 6.22. The van der Waals surface area contributed by atoms with Crippen molar-refractivity contribution in [2.75, 3.05) is 6.54 Å². The summed E-state index contributed by atoms with van der Waals surface area (Å²) in [7, 11) is 0. The highest BCUT2D eigenvalue weighted by Crippen LogP contribution is 2.14. The minimum absolute atomic E-state index is 0.0819. The van der Waals surface area contributed by atoms with E-state index in [2.05, 4.69) is 12.2 Å². The molecule has 0 saturated heterocycles. The van der Waals surface area contributed by atoms with Gasteiger partial charge in [-0.05, 0) is 31.0 Å². The zero-order valence-electron chi connectivity index (χ0n) is 11.1. The Balaban J connectivity index is 2.47. The first-order chi connectivity index (χ1) is 8.67. The van der Waals surface area contributed by atoms with Crippen molar-refractivity contribution in [3.8, 4) is 5.75 Å². The van der Waals surface area contributed by atoms with Crippen LogP contribution in [0.5, 0.6) is 5.75 Å². The van der Waals surface area contributed by atoms with Gasteiger partial charge in [0.15, 0.2) is 6.10 Å². The molecule has 0 radical (unpaired) electrons. The van der Waals surface area contributed by atoms with E-state index in [0.29, 0.717) is 18.8 Å². The number of nitrogens with two attached hydrogens (primary N) is 1. The first-order valence-electron chi connectivity index (χ1n) is 6.40. The summed E-state index contributed by atoms with van der Waals surface area (Å²) in [6.07, 6.45) is 1.56. The Morgan fingerprint density at radius 3 is 2.94 bits per heavy atom. The first-order valence-corrected chi connectivity index (χ1v) is 6.40. The molecule has 1 amide bonds. The monoisotopic (exact) mass is 250 g/mol. The molecule has 4 heteroatoms. The van der Waals surface area contributed by atoms with Crippen LogP contribution in [-0.2, 0) is 11.3 Å². The number of carbonyl (C=O) groups excluding carboxylic acids is 1. The first kappa shape index (κ1) is 14.5. The number of hydrogen-bond donors (Lipinski definition) is 2. The highest BCUT2D eigenvalue weighted by molar-refractivity contribution is 5.80. The zero-order chi connectivity index (χ0) is 13.4. The number of nitrogens with one attached hydrogen (secondary N) is 1. The SMILES string of the molecule is CCCCNC(=O)C(C)Oc1cccc(CN)c1. The quantitative estimate of drug-likeness (QED) is 0.726. The third kappa shape index (κ3) is 4.75. The average molecular weight is 250 g/mol. The van der Waals surface area contributed by atoms with Crippen LogP contribution in [0, 0.1) is 0 Å². The van der Waals surface area contributed by atoms with Gasteiger partial charge in [0.1, 0.15) is 5.75 Å². The molecule has 0 spiro atoms. The van der Waals surface area contributed by atoms with E-state index >= 15 is 0 Å². The lowest BCUT2D eigenvalue weighted by molar-refractivity contribution is -0.127. The van der Waals surface area contributed by atoms with Crippen LogP contribution in [-0.4, -0.2) is 18.6 Å². The molecule has 0 aromatic heterocycles. The van der Waals surface area contributed by atoms with Gasteiger partial charge >= 0.3 is 0 Å². The fourth-order valence-corrected chi connectivity index (χ4v) is 1.54. The summed E-state index contributed by atoms with van der Waals surface area (Å²) in [5.41, 5.74) is 6.55. The van der Waals surface area contributed by atoms with Crippen molar-refractivity contribution in [1.82, 2.24) is 5.32 Å². The number of unbranched alkanes of at least 4 members (excludes halogenated alkanes) is 1. The van der Waals surface area contributed by atoms with Gasteiger partial charge in [0.2, 0.25) is 0 Å². The number of carbonyl (C=O) groups is 1. The summed E-state index contributed by atoms with van der Waals surface area (Å²) in [5, 5.41) is 2.84. The molecule has 1 aromatic carbocycles. The summed E-state index contributed by atoms with van der Waals surface area (Å²) in [6.45, 7) is 5.00. The Morgan fingerprint density at radius 2 is 2.28 bits per heavy atom. The van der Waals surface area contributed by atoms with E-state index in [1.54, 1.807) is 6.92 Å². The molecular formula is C14H22N2O2. The standard InChI is InChI=1S/C14H22N2O2/c1-3-4-8-16-14(17)11(2)18-13-7-5-6-12(9-13)10-15/h5-7,9,11H,3-4,8,10,15H2,1-2H3,(H,16,17). The number of benzene rings is 1. The number of amides is 1. The highest BCUT2D eigenvalue weighted by atomic mass is 16.5. The fourth-order valence-electron chi connectivity index (χ4n) is 1.54. The molecule has 100 valence electrons. The molecule has 0 aliphatic carbocycles. The summed E-state index contributed by atoms with van der Waals surface area (Å²) in [4.78, 5) is 11.7. The van der Waals surface area contributed by atoms with Gasteiger partial charge in [-0.25, -0.2) is 0 Å². The van der Waals surface area contributed by atoms with E-state index in [9.17, 15) is 4.79 Å². The van der Waals surface area contributed by atoms with Crippen LogP contribution in [0.15, 0.2) is 24.3 Å². The van der Waals surface area contributed by atoms with Gasteiger partial charge in [-0.1, -0.05) is 25.5 Å². The van der Waals surface area contributed by atoms with Crippen LogP contribution >= 0.6 is 0 Å². The molecule has 0 heterocycles. The molecule has 1 rings (SSSR count). The van der Waals surface area contributed by atoms with Crippen LogP contribution in [0.25, 0.3) is 0 Å². The average Bonchev–Trinajstić information content (AvgIpc) is 2.39. The Hall–Kier alpha value is -1.55. The molecule has 0 saturated carbocycles. The van der Waals surface area contributed by atoms with Crippen molar-refractivity contribution in [2.45, 2.75) is 39.3 Å². The normalized spacial score (nSPS) is 11.9. The van der Waals surface area contributed by atoms with Gasteiger partial charge in [0.25, 0.3) is 5.91 Å². The predicted octanol–water partition coefficient (Wildman–Crippen LogP) is 1.83. The molecule has 1 aromatic rings. The number of rotatable bonds is 7. The summed E-state index contributed by atoms with van der Waals surface area (Å²) >= 11 is 0. The lowest BCUT2D eigenvalue weighted by Gasteiger charge is -2.15. The molecule has 1 atom stereocenters. The summed E-state index contributed by atoms with van der Waals surface area (Å²) < 4.78 is 5.58. The van der Waals surface area contributed by atoms with E-state index < -0.39 is 6.10 Å². The topological polar surface area (TPSA) is 64.3 Å². The number of ether oxygens (including phenoxy) is 1. The second kappa shape index (κ2) is 7.71. The lowest BCUT2D eigenvalue weighted by atomic mass is 10.2. The maximum absolute atomic E-state index is 11.7. The minimum Gasteiger partial charge on any atom is -0.481 e. The smallest absolute Gasteiger partial charge is 0.260 e. The van der Waals surface area contributed by atoms with Gasteiger partial charge < -0.3 is 15.8 Å². The van der Waals surface area contributed by atoms with Crippen molar-refractivity contribution in [3.05, 3.63) is 29.8 Å². The van der Waals surface area contributed by atoms with Crippen molar-refractivity contribution >= 4 is 5.91 Å². The molecule has 4 nitrogen and oxygen atoms in total.